The van der Waals surface area contributed by atoms with Crippen LogP contribution < -0.4 is 5.32 Å². The zero-order chi connectivity index (χ0) is 11.9. The second kappa shape index (κ2) is 6.20. The Morgan fingerprint density at radius 3 is 2.47 bits per heavy atom. The van der Waals surface area contributed by atoms with Crippen LogP contribution in [0.1, 0.15) is 13.3 Å². The first-order valence-corrected chi connectivity index (χ1v) is 5.99. The van der Waals surface area contributed by atoms with Crippen molar-refractivity contribution >= 4 is 0 Å². The maximum Gasteiger partial charge on any atom is 0.0946 e. The van der Waals surface area contributed by atoms with Gasteiger partial charge in [0.2, 0.25) is 0 Å². The van der Waals surface area contributed by atoms with Crippen molar-refractivity contribution in [1.29, 1.82) is 0 Å². The van der Waals surface area contributed by atoms with Crippen LogP contribution >= 0.6 is 0 Å². The molecule has 0 aliphatic rings. The standard InChI is InChI=1S/C12H19N5/c1-12(9-17-8-5-14-11-17)15-3-2-6-16-7-4-13-10-16/h4-5,7-8,10-12,15H,2-3,6,9H2,1H3. The largest absolute Gasteiger partial charge is 0.337 e. The molecule has 2 heterocycles. The topological polar surface area (TPSA) is 47.7 Å². The van der Waals surface area contributed by atoms with E-state index in [1.165, 1.54) is 0 Å². The molecule has 0 fully saturated rings. The molecule has 92 valence electrons. The van der Waals surface area contributed by atoms with Gasteiger partial charge in [-0.15, -0.1) is 0 Å². The van der Waals surface area contributed by atoms with Gasteiger partial charge in [-0.25, -0.2) is 9.97 Å². The van der Waals surface area contributed by atoms with Crippen LogP contribution in [0.15, 0.2) is 37.4 Å². The van der Waals surface area contributed by atoms with Gasteiger partial charge in [-0.2, -0.15) is 0 Å². The van der Waals surface area contributed by atoms with Crippen molar-refractivity contribution in [2.24, 2.45) is 0 Å². The predicted octanol–water partition coefficient (Wildman–Crippen LogP) is 1.15. The molecule has 0 saturated carbocycles. The van der Waals surface area contributed by atoms with Crippen LogP contribution in [0.25, 0.3) is 0 Å². The van der Waals surface area contributed by atoms with E-state index in [1.807, 2.05) is 37.4 Å². The van der Waals surface area contributed by atoms with Gasteiger partial charge in [0.1, 0.15) is 0 Å². The summed E-state index contributed by atoms with van der Waals surface area (Å²) in [4.78, 5) is 8.05. The zero-order valence-electron chi connectivity index (χ0n) is 10.2. The molecule has 0 saturated heterocycles. The summed E-state index contributed by atoms with van der Waals surface area (Å²) in [6.45, 7) is 5.20. The van der Waals surface area contributed by atoms with E-state index in [9.17, 15) is 0 Å². The third kappa shape index (κ3) is 4.03. The monoisotopic (exact) mass is 233 g/mol. The van der Waals surface area contributed by atoms with Gasteiger partial charge in [0.25, 0.3) is 0 Å². The molecular weight excluding hydrogens is 214 g/mol. The highest BCUT2D eigenvalue weighted by Gasteiger charge is 2.01. The molecule has 0 aliphatic carbocycles. The van der Waals surface area contributed by atoms with E-state index in [2.05, 4.69) is 31.3 Å². The summed E-state index contributed by atoms with van der Waals surface area (Å²) in [6.07, 6.45) is 12.4. The van der Waals surface area contributed by atoms with Crippen LogP contribution in [0.2, 0.25) is 0 Å². The molecule has 17 heavy (non-hydrogen) atoms. The lowest BCUT2D eigenvalue weighted by Crippen LogP contribution is -2.31. The molecule has 2 rings (SSSR count). The Hall–Kier alpha value is -1.62. The Labute approximate surface area is 102 Å². The van der Waals surface area contributed by atoms with Crippen LogP contribution in [0.3, 0.4) is 0 Å². The molecular formula is C12H19N5. The van der Waals surface area contributed by atoms with Crippen molar-refractivity contribution in [2.45, 2.75) is 32.5 Å². The highest BCUT2D eigenvalue weighted by Crippen LogP contribution is 1.93. The Kier molecular flexibility index (Phi) is 4.32. The number of hydrogen-bond acceptors (Lipinski definition) is 3. The summed E-state index contributed by atoms with van der Waals surface area (Å²) in [6, 6.07) is 0.465. The minimum absolute atomic E-state index is 0.465. The van der Waals surface area contributed by atoms with E-state index in [0.29, 0.717) is 6.04 Å². The van der Waals surface area contributed by atoms with E-state index >= 15 is 0 Å². The Morgan fingerprint density at radius 1 is 1.12 bits per heavy atom. The van der Waals surface area contributed by atoms with Crippen LogP contribution in [0.4, 0.5) is 0 Å². The molecule has 1 unspecified atom stereocenters. The fourth-order valence-corrected chi connectivity index (χ4v) is 1.80. The van der Waals surface area contributed by atoms with Crippen molar-refractivity contribution < 1.29 is 0 Å². The van der Waals surface area contributed by atoms with Crippen LogP contribution in [0, 0.1) is 0 Å². The predicted molar refractivity (Wildman–Crippen MR) is 66.5 cm³/mol. The maximum atomic E-state index is 4.03. The summed E-state index contributed by atoms with van der Waals surface area (Å²) in [5.74, 6) is 0. The van der Waals surface area contributed by atoms with E-state index in [0.717, 1.165) is 26.1 Å². The lowest BCUT2D eigenvalue weighted by atomic mass is 10.3. The molecule has 0 radical (unpaired) electrons. The SMILES string of the molecule is CC(Cn1ccnc1)NCCCn1ccnc1. The van der Waals surface area contributed by atoms with Crippen molar-refractivity contribution in [1.82, 2.24) is 24.4 Å². The number of hydrogen-bond donors (Lipinski definition) is 1. The molecule has 2 aromatic heterocycles. The van der Waals surface area contributed by atoms with Crippen molar-refractivity contribution in [3.8, 4) is 0 Å². The first-order valence-electron chi connectivity index (χ1n) is 5.99. The van der Waals surface area contributed by atoms with Gasteiger partial charge in [0, 0.05) is 43.9 Å². The van der Waals surface area contributed by atoms with Gasteiger partial charge in [0.05, 0.1) is 12.7 Å². The van der Waals surface area contributed by atoms with Gasteiger partial charge >= 0.3 is 0 Å². The van der Waals surface area contributed by atoms with E-state index in [1.54, 1.807) is 0 Å². The molecule has 1 atom stereocenters. The third-order valence-corrected chi connectivity index (χ3v) is 2.69. The first-order chi connectivity index (χ1) is 8.34. The second-order valence-corrected chi connectivity index (χ2v) is 4.27. The molecule has 0 spiro atoms. The van der Waals surface area contributed by atoms with Crippen LogP contribution in [0.5, 0.6) is 0 Å². The number of aromatic nitrogens is 4. The number of aryl methyl sites for hydroxylation is 1. The lowest BCUT2D eigenvalue weighted by molar-refractivity contribution is 0.461. The second-order valence-electron chi connectivity index (χ2n) is 4.27. The van der Waals surface area contributed by atoms with E-state index in [4.69, 9.17) is 0 Å². The third-order valence-electron chi connectivity index (χ3n) is 2.69. The van der Waals surface area contributed by atoms with Gasteiger partial charge in [-0.05, 0) is 19.9 Å². The van der Waals surface area contributed by atoms with Crippen molar-refractivity contribution in [3.63, 3.8) is 0 Å². The fourth-order valence-electron chi connectivity index (χ4n) is 1.80. The number of imidazole rings is 2. The number of nitrogens with zero attached hydrogens (tertiary/aromatic N) is 4. The van der Waals surface area contributed by atoms with Crippen molar-refractivity contribution in [2.75, 3.05) is 6.54 Å². The number of rotatable bonds is 7. The minimum Gasteiger partial charge on any atom is -0.337 e. The Bertz CT molecular complexity index is 392. The molecule has 5 nitrogen and oxygen atoms in total. The fraction of sp³-hybridized carbons (Fsp3) is 0.500. The quantitative estimate of drug-likeness (QED) is 0.730. The summed E-state index contributed by atoms with van der Waals surface area (Å²) in [5.41, 5.74) is 0. The molecule has 0 bridgehead atoms. The normalized spacial score (nSPS) is 12.8. The maximum absolute atomic E-state index is 4.03. The van der Waals surface area contributed by atoms with Gasteiger partial charge in [-0.1, -0.05) is 0 Å². The molecule has 0 amide bonds. The summed E-state index contributed by atoms with van der Waals surface area (Å²) >= 11 is 0. The Morgan fingerprint density at radius 2 is 1.82 bits per heavy atom. The van der Waals surface area contributed by atoms with Crippen LogP contribution in [-0.2, 0) is 13.1 Å². The van der Waals surface area contributed by atoms with E-state index in [-0.39, 0.29) is 0 Å². The molecule has 1 N–H and O–H groups in total. The highest BCUT2D eigenvalue weighted by atomic mass is 15.1. The zero-order valence-corrected chi connectivity index (χ0v) is 10.2. The summed E-state index contributed by atoms with van der Waals surface area (Å²) in [5, 5.41) is 3.50. The Balaban J connectivity index is 1.58. The smallest absolute Gasteiger partial charge is 0.0946 e. The average Bonchev–Trinajstić information content (AvgIpc) is 2.96. The summed E-state index contributed by atoms with van der Waals surface area (Å²) in [7, 11) is 0. The van der Waals surface area contributed by atoms with E-state index < -0.39 is 0 Å². The highest BCUT2D eigenvalue weighted by molar-refractivity contribution is 4.77. The first kappa shape index (κ1) is 11.9. The molecule has 0 aromatic carbocycles. The number of nitrogens with one attached hydrogen (secondary N) is 1. The van der Waals surface area contributed by atoms with Gasteiger partial charge in [0.15, 0.2) is 0 Å². The summed E-state index contributed by atoms with van der Waals surface area (Å²) < 4.78 is 4.19. The minimum atomic E-state index is 0.465. The van der Waals surface area contributed by atoms with Crippen molar-refractivity contribution in [3.05, 3.63) is 37.4 Å². The molecule has 5 heteroatoms. The van der Waals surface area contributed by atoms with Gasteiger partial charge < -0.3 is 14.5 Å². The molecule has 0 aliphatic heterocycles. The van der Waals surface area contributed by atoms with Gasteiger partial charge in [-0.3, -0.25) is 0 Å². The molecule has 2 aromatic rings. The average molecular weight is 233 g/mol. The lowest BCUT2D eigenvalue weighted by Gasteiger charge is -2.14. The van der Waals surface area contributed by atoms with Crippen LogP contribution in [-0.4, -0.2) is 31.7 Å².